The van der Waals surface area contributed by atoms with Crippen LogP contribution in [0, 0.1) is 0 Å². The number of rotatable bonds is 8. The van der Waals surface area contributed by atoms with Gasteiger partial charge in [-0.15, -0.1) is 0 Å². The number of ether oxygens (including phenoxy) is 1. The van der Waals surface area contributed by atoms with E-state index >= 15 is 0 Å². The zero-order valence-electron chi connectivity index (χ0n) is 12.5. The molecule has 0 unspecified atom stereocenters. The smallest absolute Gasteiger partial charge is 0.206 e. The van der Waals surface area contributed by atoms with Gasteiger partial charge < -0.3 is 10.1 Å². The molecule has 5 nitrogen and oxygen atoms in total. The predicted molar refractivity (Wildman–Crippen MR) is 83.4 cm³/mol. The Bertz CT molecular complexity index is 407. The van der Waals surface area contributed by atoms with E-state index in [1.54, 1.807) is 0 Å². The molecule has 0 atom stereocenters. The van der Waals surface area contributed by atoms with Gasteiger partial charge in [0.2, 0.25) is 5.96 Å². The van der Waals surface area contributed by atoms with Crippen molar-refractivity contribution in [3.63, 3.8) is 0 Å². The number of guanidine groups is 1. The van der Waals surface area contributed by atoms with E-state index in [2.05, 4.69) is 40.9 Å². The van der Waals surface area contributed by atoms with Gasteiger partial charge in [-0.1, -0.05) is 31.2 Å². The highest BCUT2D eigenvalue weighted by Gasteiger charge is 2.00. The van der Waals surface area contributed by atoms with Crippen molar-refractivity contribution < 1.29 is 4.74 Å². The molecule has 1 rings (SSSR count). The summed E-state index contributed by atoms with van der Waals surface area (Å²) in [4.78, 5) is 4.47. The Labute approximate surface area is 121 Å². The number of aliphatic imine (C=N–C) groups is 1. The second-order valence-corrected chi connectivity index (χ2v) is 4.41. The van der Waals surface area contributed by atoms with Gasteiger partial charge >= 0.3 is 0 Å². The van der Waals surface area contributed by atoms with Crippen LogP contribution in [0.15, 0.2) is 29.3 Å². The van der Waals surface area contributed by atoms with E-state index in [1.807, 2.05) is 13.0 Å². The standard InChI is InChI=1S/C15H26N4O/c1-3-13-8-5-6-9-14(13)12-18-15(19-16)17-10-7-11-20-4-2/h5-6,8-9H,3-4,7,10-12,16H2,1-2H3,(H2,17,18,19). The van der Waals surface area contributed by atoms with Crippen molar-refractivity contribution in [3.8, 4) is 0 Å². The summed E-state index contributed by atoms with van der Waals surface area (Å²) < 4.78 is 5.28. The third-order valence-electron chi connectivity index (χ3n) is 3.01. The number of nitrogens with zero attached hydrogens (tertiary/aromatic N) is 1. The van der Waals surface area contributed by atoms with Crippen molar-refractivity contribution in [2.45, 2.75) is 33.2 Å². The largest absolute Gasteiger partial charge is 0.382 e. The van der Waals surface area contributed by atoms with Crippen LogP contribution in [0.2, 0.25) is 0 Å². The molecule has 1 aromatic rings. The van der Waals surface area contributed by atoms with Crippen molar-refractivity contribution in [2.75, 3.05) is 19.8 Å². The second-order valence-electron chi connectivity index (χ2n) is 4.41. The lowest BCUT2D eigenvalue weighted by Gasteiger charge is -2.10. The summed E-state index contributed by atoms with van der Waals surface area (Å²) in [6, 6.07) is 8.33. The Morgan fingerprint density at radius 1 is 1.25 bits per heavy atom. The highest BCUT2D eigenvalue weighted by molar-refractivity contribution is 5.79. The average Bonchev–Trinajstić information content (AvgIpc) is 2.50. The highest BCUT2D eigenvalue weighted by atomic mass is 16.5. The first-order valence-electron chi connectivity index (χ1n) is 7.21. The summed E-state index contributed by atoms with van der Waals surface area (Å²) in [7, 11) is 0. The van der Waals surface area contributed by atoms with Gasteiger partial charge in [-0.05, 0) is 30.9 Å². The minimum Gasteiger partial charge on any atom is -0.382 e. The number of nitrogens with one attached hydrogen (secondary N) is 2. The maximum Gasteiger partial charge on any atom is 0.206 e. The molecule has 0 saturated carbocycles. The van der Waals surface area contributed by atoms with Crippen molar-refractivity contribution in [1.29, 1.82) is 0 Å². The quantitative estimate of drug-likeness (QED) is 0.222. The number of hydrazine groups is 1. The third-order valence-corrected chi connectivity index (χ3v) is 3.01. The molecule has 0 spiro atoms. The first kappa shape index (κ1) is 16.5. The molecule has 112 valence electrons. The van der Waals surface area contributed by atoms with Crippen LogP contribution in [0.25, 0.3) is 0 Å². The highest BCUT2D eigenvalue weighted by Crippen LogP contribution is 2.10. The number of benzene rings is 1. The van der Waals surface area contributed by atoms with Gasteiger partial charge in [-0.25, -0.2) is 10.8 Å². The van der Waals surface area contributed by atoms with E-state index in [1.165, 1.54) is 11.1 Å². The lowest BCUT2D eigenvalue weighted by atomic mass is 10.1. The van der Waals surface area contributed by atoms with Gasteiger partial charge in [0.15, 0.2) is 0 Å². The molecule has 0 aromatic heterocycles. The second kappa shape index (κ2) is 10.2. The van der Waals surface area contributed by atoms with E-state index in [4.69, 9.17) is 10.6 Å². The Morgan fingerprint density at radius 3 is 2.65 bits per heavy atom. The Balaban J connectivity index is 2.44. The molecule has 0 amide bonds. The molecule has 0 bridgehead atoms. The molecule has 0 aliphatic heterocycles. The topological polar surface area (TPSA) is 71.7 Å². The van der Waals surface area contributed by atoms with Gasteiger partial charge in [0.25, 0.3) is 0 Å². The normalized spacial score (nSPS) is 11.4. The fourth-order valence-corrected chi connectivity index (χ4v) is 1.90. The summed E-state index contributed by atoms with van der Waals surface area (Å²) in [5.41, 5.74) is 5.16. The minimum absolute atomic E-state index is 0.618. The van der Waals surface area contributed by atoms with Crippen LogP contribution in [0.5, 0.6) is 0 Å². The molecule has 1 aromatic carbocycles. The number of hydrogen-bond donors (Lipinski definition) is 3. The fraction of sp³-hybridized carbons (Fsp3) is 0.533. The van der Waals surface area contributed by atoms with Gasteiger partial charge in [0.05, 0.1) is 6.54 Å². The molecule has 0 heterocycles. The summed E-state index contributed by atoms with van der Waals surface area (Å²) in [6.07, 6.45) is 1.94. The molecule has 0 radical (unpaired) electrons. The van der Waals surface area contributed by atoms with Crippen LogP contribution in [0.1, 0.15) is 31.4 Å². The maximum absolute atomic E-state index is 5.47. The van der Waals surface area contributed by atoms with Crippen LogP contribution >= 0.6 is 0 Å². The number of nitrogens with two attached hydrogens (primary N) is 1. The lowest BCUT2D eigenvalue weighted by molar-refractivity contribution is 0.145. The monoisotopic (exact) mass is 278 g/mol. The zero-order valence-corrected chi connectivity index (χ0v) is 12.5. The summed E-state index contributed by atoms with van der Waals surface area (Å²) >= 11 is 0. The van der Waals surface area contributed by atoms with E-state index in [-0.39, 0.29) is 0 Å². The Morgan fingerprint density at radius 2 is 2.00 bits per heavy atom. The summed E-state index contributed by atoms with van der Waals surface area (Å²) in [5, 5.41) is 3.17. The van der Waals surface area contributed by atoms with E-state index in [0.29, 0.717) is 12.5 Å². The van der Waals surface area contributed by atoms with Crippen molar-refractivity contribution in [2.24, 2.45) is 10.8 Å². The maximum atomic E-state index is 5.47. The van der Waals surface area contributed by atoms with Crippen LogP contribution in [0.3, 0.4) is 0 Å². The molecule has 0 aliphatic carbocycles. The third kappa shape index (κ3) is 6.04. The first-order valence-corrected chi connectivity index (χ1v) is 7.21. The van der Waals surface area contributed by atoms with Crippen LogP contribution in [-0.4, -0.2) is 25.7 Å². The molecule has 20 heavy (non-hydrogen) atoms. The van der Waals surface area contributed by atoms with Crippen LogP contribution in [0.4, 0.5) is 0 Å². The number of aryl methyl sites for hydroxylation is 1. The Kier molecular flexibility index (Phi) is 8.42. The summed E-state index contributed by atoms with van der Waals surface area (Å²) in [6.45, 7) is 7.06. The SMILES string of the molecule is CCOCCCNC(=NCc1ccccc1CC)NN. The Hall–Kier alpha value is -1.59. The predicted octanol–water partition coefficient (Wildman–Crippen LogP) is 1.58. The van der Waals surface area contributed by atoms with Crippen LogP contribution < -0.4 is 16.6 Å². The molecule has 0 fully saturated rings. The van der Waals surface area contributed by atoms with Crippen molar-refractivity contribution in [1.82, 2.24) is 10.7 Å². The van der Waals surface area contributed by atoms with Crippen LogP contribution in [-0.2, 0) is 17.7 Å². The summed E-state index contributed by atoms with van der Waals surface area (Å²) in [5.74, 6) is 6.09. The zero-order chi connectivity index (χ0) is 14.6. The fourth-order valence-electron chi connectivity index (χ4n) is 1.90. The van der Waals surface area contributed by atoms with Crippen molar-refractivity contribution in [3.05, 3.63) is 35.4 Å². The first-order chi connectivity index (χ1) is 9.81. The molecule has 4 N–H and O–H groups in total. The van der Waals surface area contributed by atoms with E-state index in [9.17, 15) is 0 Å². The molecule has 0 aliphatic rings. The van der Waals surface area contributed by atoms with Gasteiger partial charge in [-0.2, -0.15) is 0 Å². The van der Waals surface area contributed by atoms with E-state index in [0.717, 1.165) is 32.6 Å². The molecular weight excluding hydrogens is 252 g/mol. The molecular formula is C15H26N4O. The average molecular weight is 278 g/mol. The lowest BCUT2D eigenvalue weighted by Crippen LogP contribution is -2.42. The van der Waals surface area contributed by atoms with Gasteiger partial charge in [0, 0.05) is 19.8 Å². The molecule has 0 saturated heterocycles. The molecule has 5 heteroatoms. The number of hydrogen-bond acceptors (Lipinski definition) is 3. The minimum atomic E-state index is 0.618. The van der Waals surface area contributed by atoms with Gasteiger partial charge in [-0.3, -0.25) is 5.43 Å². The van der Waals surface area contributed by atoms with Gasteiger partial charge in [0.1, 0.15) is 0 Å². The van der Waals surface area contributed by atoms with Crippen molar-refractivity contribution >= 4 is 5.96 Å². The van der Waals surface area contributed by atoms with E-state index < -0.39 is 0 Å².